The lowest BCUT2D eigenvalue weighted by Gasteiger charge is -2.11. The zero-order chi connectivity index (χ0) is 12.0. The molecule has 0 saturated heterocycles. The molecule has 1 aliphatic carbocycles. The van der Waals surface area contributed by atoms with Gasteiger partial charge in [0.1, 0.15) is 11.6 Å². The maximum absolute atomic E-state index is 13.5. The molecule has 3 rings (SSSR count). The van der Waals surface area contributed by atoms with E-state index in [0.29, 0.717) is 17.1 Å². The van der Waals surface area contributed by atoms with Gasteiger partial charge in [-0.2, -0.15) is 0 Å². The quantitative estimate of drug-likeness (QED) is 0.885. The van der Waals surface area contributed by atoms with E-state index in [0.717, 1.165) is 18.9 Å². The van der Waals surface area contributed by atoms with Gasteiger partial charge in [-0.05, 0) is 37.9 Å². The van der Waals surface area contributed by atoms with Crippen LogP contribution in [0.15, 0.2) is 22.6 Å². The molecule has 2 nitrogen and oxygen atoms in total. The topological polar surface area (TPSA) is 25.2 Å². The Morgan fingerprint density at radius 1 is 1.29 bits per heavy atom. The highest BCUT2D eigenvalue weighted by atomic mass is 19.1. The summed E-state index contributed by atoms with van der Waals surface area (Å²) in [5.74, 6) is 0.0228. The molecule has 1 heterocycles. The van der Waals surface area contributed by atoms with Crippen molar-refractivity contribution >= 4 is 11.0 Å². The van der Waals surface area contributed by atoms with E-state index >= 15 is 0 Å². The molecule has 1 aliphatic rings. The van der Waals surface area contributed by atoms with Crippen LogP contribution in [0.3, 0.4) is 0 Å². The summed E-state index contributed by atoms with van der Waals surface area (Å²) < 4.78 is 32.1. The highest BCUT2D eigenvalue weighted by molar-refractivity contribution is 5.78. The van der Waals surface area contributed by atoms with Crippen LogP contribution in [-0.2, 0) is 0 Å². The molecule has 1 unspecified atom stereocenters. The highest BCUT2D eigenvalue weighted by Crippen LogP contribution is 2.42. The molecule has 0 spiro atoms. The van der Waals surface area contributed by atoms with Crippen molar-refractivity contribution in [1.82, 2.24) is 5.32 Å². The first-order valence-corrected chi connectivity index (χ1v) is 5.75. The number of hydrogen-bond acceptors (Lipinski definition) is 2. The smallest absolute Gasteiger partial charge is 0.170 e. The van der Waals surface area contributed by atoms with Crippen molar-refractivity contribution in [2.45, 2.75) is 18.9 Å². The molecule has 1 aromatic carbocycles. The van der Waals surface area contributed by atoms with Gasteiger partial charge in [0, 0.05) is 11.5 Å². The Morgan fingerprint density at radius 3 is 2.71 bits per heavy atom. The first-order valence-electron chi connectivity index (χ1n) is 5.75. The van der Waals surface area contributed by atoms with Crippen molar-refractivity contribution < 1.29 is 13.2 Å². The number of halogens is 2. The average Bonchev–Trinajstić information content (AvgIpc) is 3.00. The third-order valence-corrected chi connectivity index (χ3v) is 3.27. The molecule has 2 aromatic rings. The molecular weight excluding hydrogens is 224 g/mol. The van der Waals surface area contributed by atoms with Crippen molar-refractivity contribution in [2.75, 3.05) is 7.05 Å². The number of benzene rings is 1. The molecular formula is C13H13F2NO. The molecule has 0 radical (unpaired) electrons. The van der Waals surface area contributed by atoms with Gasteiger partial charge in [0.2, 0.25) is 0 Å². The SMILES string of the molecule is CNC(c1cc2cc(F)cc(F)c2o1)C1CC1. The van der Waals surface area contributed by atoms with Crippen LogP contribution < -0.4 is 5.32 Å². The lowest BCUT2D eigenvalue weighted by atomic mass is 10.1. The van der Waals surface area contributed by atoms with E-state index in [9.17, 15) is 8.78 Å². The summed E-state index contributed by atoms with van der Waals surface area (Å²) >= 11 is 0. The zero-order valence-electron chi connectivity index (χ0n) is 9.47. The monoisotopic (exact) mass is 237 g/mol. The minimum absolute atomic E-state index is 0.102. The molecule has 1 aromatic heterocycles. The highest BCUT2D eigenvalue weighted by Gasteiger charge is 2.33. The van der Waals surface area contributed by atoms with Crippen molar-refractivity contribution in [3.63, 3.8) is 0 Å². The largest absolute Gasteiger partial charge is 0.456 e. The minimum Gasteiger partial charge on any atom is -0.456 e. The van der Waals surface area contributed by atoms with E-state index in [2.05, 4.69) is 5.32 Å². The molecule has 17 heavy (non-hydrogen) atoms. The normalized spacial score (nSPS) is 17.6. The second-order valence-electron chi connectivity index (χ2n) is 4.56. The van der Waals surface area contributed by atoms with Gasteiger partial charge < -0.3 is 9.73 Å². The van der Waals surface area contributed by atoms with E-state index in [4.69, 9.17) is 4.42 Å². The van der Waals surface area contributed by atoms with Gasteiger partial charge in [-0.3, -0.25) is 0 Å². The van der Waals surface area contributed by atoms with Gasteiger partial charge in [-0.15, -0.1) is 0 Å². The van der Waals surface area contributed by atoms with Crippen LogP contribution >= 0.6 is 0 Å². The lowest BCUT2D eigenvalue weighted by molar-refractivity contribution is 0.413. The van der Waals surface area contributed by atoms with E-state index < -0.39 is 11.6 Å². The molecule has 90 valence electrons. The fraction of sp³-hybridized carbons (Fsp3) is 0.385. The van der Waals surface area contributed by atoms with E-state index in [1.165, 1.54) is 6.07 Å². The second-order valence-corrected chi connectivity index (χ2v) is 4.56. The number of rotatable bonds is 3. The molecule has 1 N–H and O–H groups in total. The molecule has 1 fully saturated rings. The van der Waals surface area contributed by atoms with E-state index in [1.54, 1.807) is 6.07 Å². The van der Waals surface area contributed by atoms with Crippen LogP contribution in [0.25, 0.3) is 11.0 Å². The first kappa shape index (κ1) is 10.7. The Hall–Kier alpha value is -1.42. The summed E-state index contributed by atoms with van der Waals surface area (Å²) in [6, 6.07) is 3.97. The summed E-state index contributed by atoms with van der Waals surface area (Å²) in [6.07, 6.45) is 2.30. The van der Waals surface area contributed by atoms with Crippen LogP contribution in [-0.4, -0.2) is 7.05 Å². The average molecular weight is 237 g/mol. The lowest BCUT2D eigenvalue weighted by Crippen LogP contribution is -2.17. The number of nitrogens with one attached hydrogen (secondary N) is 1. The fourth-order valence-electron chi connectivity index (χ4n) is 2.29. The van der Waals surface area contributed by atoms with Gasteiger partial charge in [-0.25, -0.2) is 8.78 Å². The molecule has 0 aliphatic heterocycles. The van der Waals surface area contributed by atoms with Crippen LogP contribution in [0, 0.1) is 17.6 Å². The van der Waals surface area contributed by atoms with Crippen LogP contribution in [0.4, 0.5) is 8.78 Å². The van der Waals surface area contributed by atoms with Gasteiger partial charge in [0.25, 0.3) is 0 Å². The maximum Gasteiger partial charge on any atom is 0.170 e. The standard InChI is InChI=1S/C13H13F2NO/c1-16-12(7-2-3-7)11-5-8-4-9(14)6-10(15)13(8)17-11/h4-7,12,16H,2-3H2,1H3. The van der Waals surface area contributed by atoms with Gasteiger partial charge in [-0.1, -0.05) is 0 Å². The zero-order valence-corrected chi connectivity index (χ0v) is 9.47. The van der Waals surface area contributed by atoms with Crippen molar-refractivity contribution in [2.24, 2.45) is 5.92 Å². The predicted molar refractivity (Wildman–Crippen MR) is 60.7 cm³/mol. The summed E-state index contributed by atoms with van der Waals surface area (Å²) in [5, 5.41) is 3.65. The van der Waals surface area contributed by atoms with Crippen molar-refractivity contribution in [3.8, 4) is 0 Å². The van der Waals surface area contributed by atoms with Gasteiger partial charge in [0.15, 0.2) is 11.4 Å². The number of fused-ring (bicyclic) bond motifs is 1. The Morgan fingerprint density at radius 2 is 2.06 bits per heavy atom. The van der Waals surface area contributed by atoms with Crippen molar-refractivity contribution in [1.29, 1.82) is 0 Å². The van der Waals surface area contributed by atoms with Gasteiger partial charge in [0.05, 0.1) is 6.04 Å². The van der Waals surface area contributed by atoms with E-state index in [1.807, 2.05) is 7.05 Å². The molecule has 4 heteroatoms. The summed E-state index contributed by atoms with van der Waals surface area (Å²) in [4.78, 5) is 0. The Kier molecular flexibility index (Phi) is 2.40. The maximum atomic E-state index is 13.5. The predicted octanol–water partition coefficient (Wildman–Crippen LogP) is 3.38. The third kappa shape index (κ3) is 1.82. The van der Waals surface area contributed by atoms with Gasteiger partial charge >= 0.3 is 0 Å². The first-order chi connectivity index (χ1) is 8.19. The Balaban J connectivity index is 2.09. The van der Waals surface area contributed by atoms with Crippen LogP contribution in [0.1, 0.15) is 24.6 Å². The van der Waals surface area contributed by atoms with Crippen LogP contribution in [0.5, 0.6) is 0 Å². The summed E-state index contributed by atoms with van der Waals surface area (Å²) in [7, 11) is 1.85. The second kappa shape index (κ2) is 3.81. The minimum atomic E-state index is -0.642. The Bertz CT molecular complexity index is 560. The van der Waals surface area contributed by atoms with Crippen molar-refractivity contribution in [3.05, 3.63) is 35.6 Å². The molecule has 0 bridgehead atoms. The van der Waals surface area contributed by atoms with Crippen LogP contribution in [0.2, 0.25) is 0 Å². The van der Waals surface area contributed by atoms with E-state index in [-0.39, 0.29) is 11.6 Å². The Labute approximate surface area is 97.6 Å². The third-order valence-electron chi connectivity index (χ3n) is 3.27. The summed E-state index contributed by atoms with van der Waals surface area (Å²) in [6.45, 7) is 0. The molecule has 0 amide bonds. The summed E-state index contributed by atoms with van der Waals surface area (Å²) in [5.41, 5.74) is 0.141. The molecule has 1 saturated carbocycles. The fourth-order valence-corrected chi connectivity index (χ4v) is 2.29. The number of hydrogen-bond donors (Lipinski definition) is 1. The molecule has 1 atom stereocenters. The number of furan rings is 1.